The molecule has 0 spiro atoms. The summed E-state index contributed by atoms with van der Waals surface area (Å²) in [6.07, 6.45) is 5.76. The Morgan fingerprint density at radius 3 is 3.07 bits per heavy atom. The average molecular weight is 217 g/mol. The number of piperidine rings is 1. The highest BCUT2D eigenvalue weighted by atomic mass is 35.5. The molecule has 80 valence electrons. The van der Waals surface area contributed by atoms with Gasteiger partial charge in [-0.1, -0.05) is 18.0 Å². The maximum atomic E-state index is 6.06. The van der Waals surface area contributed by atoms with Crippen molar-refractivity contribution in [3.8, 4) is 0 Å². The number of likely N-dealkylation sites (N-methyl/N-ethyl adjacent to an activating group) is 1. The van der Waals surface area contributed by atoms with Gasteiger partial charge < -0.3 is 15.6 Å². The number of halogens is 1. The van der Waals surface area contributed by atoms with Crippen molar-refractivity contribution in [2.24, 2.45) is 0 Å². The van der Waals surface area contributed by atoms with E-state index < -0.39 is 0 Å². The molecule has 0 aromatic carbocycles. The fourth-order valence-corrected chi connectivity index (χ4v) is 2.14. The Kier molecular flexibility index (Phi) is 3.15. The molecule has 14 heavy (non-hydrogen) atoms. The maximum Gasteiger partial charge on any atom is 0.173 e. The van der Waals surface area contributed by atoms with Crippen LogP contribution in [-0.4, -0.2) is 30.2 Å². The minimum atomic E-state index is -0.168. The van der Waals surface area contributed by atoms with E-state index in [1.807, 2.05) is 13.2 Å². The zero-order valence-electron chi connectivity index (χ0n) is 8.39. The van der Waals surface area contributed by atoms with Gasteiger partial charge in [0.05, 0.1) is 0 Å². The minimum absolute atomic E-state index is 0.168. The molecule has 2 rings (SSSR count). The quantitative estimate of drug-likeness (QED) is 0.442. The summed E-state index contributed by atoms with van der Waals surface area (Å²) in [5.41, 5.74) is 7.00. The van der Waals surface area contributed by atoms with Gasteiger partial charge >= 0.3 is 0 Å². The summed E-state index contributed by atoms with van der Waals surface area (Å²) in [7, 11) is 2.01. The van der Waals surface area contributed by atoms with Crippen molar-refractivity contribution in [2.75, 3.05) is 13.6 Å². The van der Waals surface area contributed by atoms with Gasteiger partial charge in [0.15, 0.2) is 5.62 Å². The van der Waals surface area contributed by atoms with Crippen LogP contribution in [0.4, 0.5) is 0 Å². The second-order valence-corrected chi connectivity index (χ2v) is 4.22. The van der Waals surface area contributed by atoms with Crippen LogP contribution in [0.15, 0.2) is 11.9 Å². The largest absolute Gasteiger partial charge is 0.346 e. The third kappa shape index (κ3) is 1.97. The summed E-state index contributed by atoms with van der Waals surface area (Å²) in [5, 5.41) is 3.50. The molecule has 2 atom stereocenters. The van der Waals surface area contributed by atoms with E-state index in [1.165, 1.54) is 25.0 Å². The van der Waals surface area contributed by atoms with E-state index in [4.69, 9.17) is 11.6 Å². The molecule has 1 saturated heterocycles. The first kappa shape index (κ1) is 10.1. The first-order valence-corrected chi connectivity index (χ1v) is 5.54. The van der Waals surface area contributed by atoms with Crippen molar-refractivity contribution < 1.29 is 0 Å². The molecular formula is C9H17ClN4. The molecule has 1 fully saturated rings. The van der Waals surface area contributed by atoms with E-state index in [1.54, 1.807) is 0 Å². The summed E-state index contributed by atoms with van der Waals surface area (Å²) in [6, 6.07) is 0.449. The van der Waals surface area contributed by atoms with Crippen LogP contribution in [0.3, 0.4) is 0 Å². The van der Waals surface area contributed by atoms with Crippen molar-refractivity contribution in [3.05, 3.63) is 11.9 Å². The first-order chi connectivity index (χ1) is 6.79. The molecule has 1 unspecified atom stereocenters. The molecule has 4 nitrogen and oxygen atoms in total. The number of rotatable bonds is 1. The predicted molar refractivity (Wildman–Crippen MR) is 57.4 cm³/mol. The van der Waals surface area contributed by atoms with Crippen LogP contribution >= 0.6 is 11.6 Å². The molecule has 2 heterocycles. The third-order valence-corrected chi connectivity index (χ3v) is 3.24. The van der Waals surface area contributed by atoms with Crippen LogP contribution in [0.5, 0.6) is 0 Å². The standard InChI is InChI=1S/C9H17ClN4/c1-14-8(6-12-13-9(14)10)7-4-2-3-5-11-7/h6-7,9,11-13H,2-5H2,1H3/t7-,9?/m0/s1. The van der Waals surface area contributed by atoms with E-state index in [9.17, 15) is 0 Å². The molecular weight excluding hydrogens is 200 g/mol. The Labute approximate surface area is 89.6 Å². The number of hydrogen-bond donors (Lipinski definition) is 3. The lowest BCUT2D eigenvalue weighted by Crippen LogP contribution is -2.53. The second-order valence-electron chi connectivity index (χ2n) is 3.81. The summed E-state index contributed by atoms with van der Waals surface area (Å²) >= 11 is 6.06. The molecule has 0 radical (unpaired) electrons. The van der Waals surface area contributed by atoms with E-state index in [-0.39, 0.29) is 5.62 Å². The average Bonchev–Trinajstić information content (AvgIpc) is 2.23. The van der Waals surface area contributed by atoms with E-state index in [2.05, 4.69) is 21.1 Å². The molecule has 2 aliphatic rings. The fraction of sp³-hybridized carbons (Fsp3) is 0.778. The molecule has 0 bridgehead atoms. The Morgan fingerprint density at radius 2 is 2.36 bits per heavy atom. The summed E-state index contributed by atoms with van der Waals surface area (Å²) in [5.74, 6) is 0. The van der Waals surface area contributed by atoms with Gasteiger partial charge in [0.1, 0.15) is 0 Å². The summed E-state index contributed by atoms with van der Waals surface area (Å²) in [4.78, 5) is 2.06. The van der Waals surface area contributed by atoms with Crippen molar-refractivity contribution in [3.63, 3.8) is 0 Å². The summed E-state index contributed by atoms with van der Waals surface area (Å²) in [6.45, 7) is 1.11. The van der Waals surface area contributed by atoms with Crippen molar-refractivity contribution in [1.82, 2.24) is 21.1 Å². The zero-order valence-corrected chi connectivity index (χ0v) is 9.14. The molecule has 2 aliphatic heterocycles. The fourth-order valence-electron chi connectivity index (χ4n) is 1.96. The van der Waals surface area contributed by atoms with Crippen molar-refractivity contribution in [2.45, 2.75) is 30.9 Å². The maximum absolute atomic E-state index is 6.06. The van der Waals surface area contributed by atoms with Crippen molar-refractivity contribution in [1.29, 1.82) is 0 Å². The normalized spacial score (nSPS) is 33.6. The van der Waals surface area contributed by atoms with Gasteiger partial charge in [-0.25, -0.2) is 5.43 Å². The third-order valence-electron chi connectivity index (χ3n) is 2.84. The first-order valence-electron chi connectivity index (χ1n) is 5.10. The van der Waals surface area contributed by atoms with Crippen LogP contribution in [0, 0.1) is 0 Å². The van der Waals surface area contributed by atoms with Crippen LogP contribution in [0.25, 0.3) is 0 Å². The lowest BCUT2D eigenvalue weighted by molar-refractivity contribution is 0.251. The number of hydrogen-bond acceptors (Lipinski definition) is 4. The highest BCUT2D eigenvalue weighted by Crippen LogP contribution is 2.20. The van der Waals surface area contributed by atoms with E-state index in [0.29, 0.717) is 6.04 Å². The predicted octanol–water partition coefficient (Wildman–Crippen LogP) is 0.532. The van der Waals surface area contributed by atoms with Crippen LogP contribution in [0.1, 0.15) is 19.3 Å². The monoisotopic (exact) mass is 216 g/mol. The Morgan fingerprint density at radius 1 is 1.50 bits per heavy atom. The van der Waals surface area contributed by atoms with Crippen LogP contribution in [0.2, 0.25) is 0 Å². The number of hydrazine groups is 1. The van der Waals surface area contributed by atoms with Gasteiger partial charge in [0, 0.05) is 25.0 Å². The SMILES string of the molecule is CN1C([C@@H]2CCCCN2)=CNNC1Cl. The number of alkyl halides is 1. The lowest BCUT2D eigenvalue weighted by atomic mass is 10.0. The molecule has 3 N–H and O–H groups in total. The second kappa shape index (κ2) is 4.38. The molecule has 0 aliphatic carbocycles. The zero-order chi connectivity index (χ0) is 9.97. The van der Waals surface area contributed by atoms with Crippen molar-refractivity contribution >= 4 is 11.6 Å². The van der Waals surface area contributed by atoms with Gasteiger partial charge in [0.25, 0.3) is 0 Å². The van der Waals surface area contributed by atoms with E-state index >= 15 is 0 Å². The van der Waals surface area contributed by atoms with Gasteiger partial charge in [-0.2, -0.15) is 0 Å². The van der Waals surface area contributed by atoms with Gasteiger partial charge in [-0.05, 0) is 19.4 Å². The molecule has 0 saturated carbocycles. The highest BCUT2D eigenvalue weighted by Gasteiger charge is 2.25. The highest BCUT2D eigenvalue weighted by molar-refractivity contribution is 6.20. The van der Waals surface area contributed by atoms with Gasteiger partial charge in [-0.15, -0.1) is 0 Å². The molecule has 0 amide bonds. The molecule has 5 heteroatoms. The Hall–Kier alpha value is -0.450. The van der Waals surface area contributed by atoms with Gasteiger partial charge in [-0.3, -0.25) is 0 Å². The van der Waals surface area contributed by atoms with E-state index in [0.717, 1.165) is 6.54 Å². The topological polar surface area (TPSA) is 39.3 Å². The van der Waals surface area contributed by atoms with Gasteiger partial charge in [0.2, 0.25) is 0 Å². The smallest absolute Gasteiger partial charge is 0.173 e. The molecule has 0 aromatic heterocycles. The Bertz CT molecular complexity index is 225. The van der Waals surface area contributed by atoms with Crippen LogP contribution < -0.4 is 16.2 Å². The number of nitrogens with zero attached hydrogens (tertiary/aromatic N) is 1. The lowest BCUT2D eigenvalue weighted by Gasteiger charge is -2.38. The molecule has 0 aromatic rings. The minimum Gasteiger partial charge on any atom is -0.346 e. The number of nitrogens with one attached hydrogen (secondary N) is 3. The van der Waals surface area contributed by atoms with Crippen LogP contribution in [-0.2, 0) is 0 Å². The Balaban J connectivity index is 2.04. The summed E-state index contributed by atoms with van der Waals surface area (Å²) < 4.78 is 0.